The van der Waals surface area contributed by atoms with Gasteiger partial charge >= 0.3 is 0 Å². The van der Waals surface area contributed by atoms with Crippen molar-refractivity contribution in [1.82, 2.24) is 19.2 Å². The Morgan fingerprint density at radius 2 is 2.19 bits per heavy atom. The standard InChI is InChI=1S/C13H22N4O2S2/c1-15(11-6-8-21(18,19)9-11)10-17-13(20)16-7-4-2-3-5-12(16)14-17/h11H,2-10H2,1H3/t11-/m0/s1. The lowest BCUT2D eigenvalue weighted by Gasteiger charge is -2.22. The summed E-state index contributed by atoms with van der Waals surface area (Å²) >= 11 is 5.53. The molecule has 6 nitrogen and oxygen atoms in total. The Morgan fingerprint density at radius 1 is 1.38 bits per heavy atom. The molecular weight excluding hydrogens is 308 g/mol. The monoisotopic (exact) mass is 330 g/mol. The van der Waals surface area contributed by atoms with E-state index in [4.69, 9.17) is 12.2 Å². The second kappa shape index (κ2) is 5.81. The molecule has 118 valence electrons. The maximum Gasteiger partial charge on any atom is 0.199 e. The van der Waals surface area contributed by atoms with Gasteiger partial charge in [-0.3, -0.25) is 4.90 Å². The molecule has 8 heteroatoms. The van der Waals surface area contributed by atoms with Crippen molar-refractivity contribution in [1.29, 1.82) is 0 Å². The van der Waals surface area contributed by atoms with Crippen LogP contribution in [0.1, 0.15) is 31.5 Å². The average molecular weight is 330 g/mol. The summed E-state index contributed by atoms with van der Waals surface area (Å²) in [5.41, 5.74) is 0. The molecule has 0 saturated carbocycles. The van der Waals surface area contributed by atoms with Gasteiger partial charge in [0.05, 0.1) is 18.2 Å². The van der Waals surface area contributed by atoms with Crippen LogP contribution < -0.4 is 0 Å². The molecule has 1 aromatic rings. The SMILES string of the molecule is CN(Cn1nc2n(c1=S)CCCCC2)[C@H]1CCS(=O)(=O)C1. The highest BCUT2D eigenvalue weighted by atomic mass is 32.2. The third-order valence-electron chi connectivity index (χ3n) is 4.47. The predicted octanol–water partition coefficient (Wildman–Crippen LogP) is 1.22. The van der Waals surface area contributed by atoms with Gasteiger partial charge in [0.1, 0.15) is 5.82 Å². The topological polar surface area (TPSA) is 60.1 Å². The quantitative estimate of drug-likeness (QED) is 0.780. The van der Waals surface area contributed by atoms with Gasteiger partial charge in [0.2, 0.25) is 0 Å². The third-order valence-corrected chi connectivity index (χ3v) is 6.65. The largest absolute Gasteiger partial charge is 0.304 e. The van der Waals surface area contributed by atoms with Crippen molar-refractivity contribution in [3.05, 3.63) is 10.6 Å². The first-order chi connectivity index (χ1) is 9.96. The fraction of sp³-hybridized carbons (Fsp3) is 0.846. The van der Waals surface area contributed by atoms with Crippen molar-refractivity contribution in [3.8, 4) is 0 Å². The first-order valence-corrected chi connectivity index (χ1v) is 9.76. The molecule has 0 N–H and O–H groups in total. The molecule has 1 aromatic heterocycles. The zero-order chi connectivity index (χ0) is 15.0. The van der Waals surface area contributed by atoms with Crippen molar-refractivity contribution in [2.45, 2.75) is 51.4 Å². The lowest BCUT2D eigenvalue weighted by Crippen LogP contribution is -2.34. The van der Waals surface area contributed by atoms with Crippen molar-refractivity contribution >= 4 is 22.1 Å². The molecule has 1 saturated heterocycles. The van der Waals surface area contributed by atoms with Crippen LogP contribution in [0.25, 0.3) is 0 Å². The Balaban J connectivity index is 1.75. The zero-order valence-electron chi connectivity index (χ0n) is 12.4. The summed E-state index contributed by atoms with van der Waals surface area (Å²) in [5, 5.41) is 4.64. The maximum absolute atomic E-state index is 11.6. The van der Waals surface area contributed by atoms with Crippen molar-refractivity contribution < 1.29 is 8.42 Å². The number of hydrogen-bond acceptors (Lipinski definition) is 5. The van der Waals surface area contributed by atoms with Crippen LogP contribution in [0, 0.1) is 4.77 Å². The van der Waals surface area contributed by atoms with Gasteiger partial charge < -0.3 is 4.57 Å². The summed E-state index contributed by atoms with van der Waals surface area (Å²) in [6.45, 7) is 1.52. The lowest BCUT2D eigenvalue weighted by molar-refractivity contribution is 0.196. The molecule has 1 fully saturated rings. The number of hydrogen-bond donors (Lipinski definition) is 0. The normalized spacial score (nSPS) is 25.0. The first kappa shape index (κ1) is 15.2. The van der Waals surface area contributed by atoms with E-state index in [0.717, 1.165) is 30.0 Å². The van der Waals surface area contributed by atoms with Gasteiger partial charge in [0.25, 0.3) is 0 Å². The van der Waals surface area contributed by atoms with Crippen molar-refractivity contribution in [3.63, 3.8) is 0 Å². The first-order valence-electron chi connectivity index (χ1n) is 7.53. The number of sulfone groups is 1. The van der Waals surface area contributed by atoms with Crippen molar-refractivity contribution in [2.24, 2.45) is 0 Å². The summed E-state index contributed by atoms with van der Waals surface area (Å²) in [4.78, 5) is 2.06. The molecule has 3 heterocycles. The predicted molar refractivity (Wildman–Crippen MR) is 83.4 cm³/mol. The average Bonchev–Trinajstić information content (AvgIpc) is 2.82. The molecule has 0 amide bonds. The van der Waals surface area contributed by atoms with Gasteiger partial charge in [0.15, 0.2) is 14.6 Å². The summed E-state index contributed by atoms with van der Waals surface area (Å²) in [7, 11) is -0.896. The maximum atomic E-state index is 11.6. The number of nitrogens with zero attached hydrogens (tertiary/aromatic N) is 4. The van der Waals surface area contributed by atoms with Gasteiger partial charge in [0, 0.05) is 19.0 Å². The molecule has 0 aliphatic carbocycles. The van der Waals surface area contributed by atoms with E-state index >= 15 is 0 Å². The fourth-order valence-corrected chi connectivity index (χ4v) is 5.27. The van der Waals surface area contributed by atoms with Crippen LogP contribution in [0.3, 0.4) is 0 Å². The Hall–Kier alpha value is -0.730. The number of rotatable bonds is 3. The van der Waals surface area contributed by atoms with E-state index in [0.29, 0.717) is 18.8 Å². The molecule has 3 rings (SSSR count). The molecular formula is C13H22N4O2S2. The number of aromatic nitrogens is 3. The Kier molecular flexibility index (Phi) is 4.20. The van der Waals surface area contributed by atoms with Crippen LogP contribution >= 0.6 is 12.2 Å². The molecule has 0 radical (unpaired) electrons. The Morgan fingerprint density at radius 3 is 2.90 bits per heavy atom. The highest BCUT2D eigenvalue weighted by molar-refractivity contribution is 7.91. The van der Waals surface area contributed by atoms with Crippen LogP contribution in [0.5, 0.6) is 0 Å². The third kappa shape index (κ3) is 3.22. The fourth-order valence-electron chi connectivity index (χ4n) is 3.17. The van der Waals surface area contributed by atoms with Gasteiger partial charge in [-0.2, -0.15) is 5.10 Å². The van der Waals surface area contributed by atoms with Gasteiger partial charge in [-0.15, -0.1) is 0 Å². The highest BCUT2D eigenvalue weighted by Gasteiger charge is 2.31. The molecule has 0 aromatic carbocycles. The van der Waals surface area contributed by atoms with E-state index in [1.165, 1.54) is 12.8 Å². The lowest BCUT2D eigenvalue weighted by atomic mass is 10.2. The molecule has 0 bridgehead atoms. The molecule has 0 spiro atoms. The van der Waals surface area contributed by atoms with Crippen LogP contribution in [0.2, 0.25) is 0 Å². The molecule has 2 aliphatic heterocycles. The zero-order valence-corrected chi connectivity index (χ0v) is 14.0. The smallest absolute Gasteiger partial charge is 0.199 e. The van der Waals surface area contributed by atoms with Crippen LogP contribution in [-0.2, 0) is 29.5 Å². The van der Waals surface area contributed by atoms with Gasteiger partial charge in [-0.05, 0) is 38.5 Å². The molecule has 0 unspecified atom stereocenters. The molecule has 1 atom stereocenters. The highest BCUT2D eigenvalue weighted by Crippen LogP contribution is 2.18. The van der Waals surface area contributed by atoms with Crippen LogP contribution in [0.4, 0.5) is 0 Å². The Bertz CT molecular complexity index is 677. The van der Waals surface area contributed by atoms with E-state index in [-0.39, 0.29) is 11.8 Å². The minimum atomic E-state index is -2.85. The van der Waals surface area contributed by atoms with Crippen molar-refractivity contribution in [2.75, 3.05) is 18.6 Å². The second-order valence-corrected chi connectivity index (χ2v) is 8.71. The summed E-state index contributed by atoms with van der Waals surface area (Å²) in [6, 6.07) is 0.0819. The molecule has 21 heavy (non-hydrogen) atoms. The van der Waals surface area contributed by atoms with E-state index < -0.39 is 9.84 Å². The number of aryl methyl sites for hydroxylation is 1. The molecule has 2 aliphatic rings. The van der Waals surface area contributed by atoms with Gasteiger partial charge in [-0.25, -0.2) is 13.1 Å². The number of fused-ring (bicyclic) bond motifs is 1. The summed E-state index contributed by atoms with van der Waals surface area (Å²) < 4.78 is 27.9. The minimum absolute atomic E-state index is 0.0819. The minimum Gasteiger partial charge on any atom is -0.304 e. The van der Waals surface area contributed by atoms with E-state index in [1.807, 2.05) is 11.7 Å². The van der Waals surface area contributed by atoms with Gasteiger partial charge in [-0.1, -0.05) is 6.42 Å². The summed E-state index contributed by atoms with van der Waals surface area (Å²) in [6.07, 6.45) is 5.25. The second-order valence-electron chi connectivity index (χ2n) is 6.12. The van der Waals surface area contributed by atoms with Crippen LogP contribution in [0.15, 0.2) is 0 Å². The van der Waals surface area contributed by atoms with E-state index in [9.17, 15) is 8.42 Å². The summed E-state index contributed by atoms with van der Waals surface area (Å²) in [5.74, 6) is 1.63. The van der Waals surface area contributed by atoms with E-state index in [2.05, 4.69) is 14.6 Å². The van der Waals surface area contributed by atoms with Crippen LogP contribution in [-0.4, -0.2) is 52.3 Å². The Labute approximate surface area is 130 Å². The van der Waals surface area contributed by atoms with E-state index in [1.54, 1.807) is 0 Å².